The number of fused-ring (bicyclic) bond motifs is 1. The van der Waals surface area contributed by atoms with Crippen LogP contribution in [0.1, 0.15) is 12.0 Å². The third-order valence-corrected chi connectivity index (χ3v) is 4.42. The smallest absolute Gasteiger partial charge is 0.416 e. The quantitative estimate of drug-likeness (QED) is 0.406. The topological polar surface area (TPSA) is 38.9 Å². The maximum Gasteiger partial charge on any atom is 0.416 e. The van der Waals surface area contributed by atoms with Crippen molar-refractivity contribution in [3.05, 3.63) is 42.2 Å². The first-order chi connectivity index (χ1) is 12.1. The van der Waals surface area contributed by atoms with Crippen molar-refractivity contribution in [1.82, 2.24) is 9.97 Å². The summed E-state index contributed by atoms with van der Waals surface area (Å²) in [7, 11) is 0. The fourth-order valence-electron chi connectivity index (χ4n) is 2.17. The summed E-state index contributed by atoms with van der Waals surface area (Å²) in [5.41, 5.74) is -0.329. The zero-order chi connectivity index (χ0) is 18.9. The van der Waals surface area contributed by atoms with Crippen molar-refractivity contribution < 1.29 is 30.8 Å². The van der Waals surface area contributed by atoms with E-state index in [-0.39, 0.29) is 22.7 Å². The Bertz CT molecular complexity index is 919. The number of nitrogens with zero attached hydrogens (tertiary/aromatic N) is 2. The normalized spacial score (nSPS) is 12.7. The molecule has 0 aliphatic carbocycles. The summed E-state index contributed by atoms with van der Waals surface area (Å²) in [6.07, 6.45) is -7.00. The van der Waals surface area contributed by atoms with Crippen molar-refractivity contribution in [2.75, 3.05) is 5.75 Å². The molecule has 0 aliphatic rings. The molecule has 138 valence electrons. The Balaban J connectivity index is 1.91. The number of oxazole rings is 1. The standard InChI is InChI=1S/C16H10F6N2OS/c17-15(18,19)4-6-26-13-8-23-5-3-10(13)14-24-11-7-9(16(20,21)22)1-2-12(11)25-14/h1-3,5,7-8H,4,6H2. The van der Waals surface area contributed by atoms with Gasteiger partial charge in [-0.1, -0.05) is 0 Å². The average molecular weight is 392 g/mol. The summed E-state index contributed by atoms with van der Waals surface area (Å²) in [6, 6.07) is 4.39. The van der Waals surface area contributed by atoms with Crippen molar-refractivity contribution in [3.8, 4) is 11.5 Å². The molecule has 3 nitrogen and oxygen atoms in total. The molecule has 3 rings (SSSR count). The molecule has 2 aromatic heterocycles. The molecule has 1 aromatic carbocycles. The second-order valence-corrected chi connectivity index (χ2v) is 6.42. The van der Waals surface area contributed by atoms with E-state index in [0.29, 0.717) is 10.5 Å². The van der Waals surface area contributed by atoms with Crippen molar-refractivity contribution in [2.24, 2.45) is 0 Å². The third kappa shape index (κ3) is 4.29. The van der Waals surface area contributed by atoms with Crippen LogP contribution >= 0.6 is 11.8 Å². The van der Waals surface area contributed by atoms with Gasteiger partial charge in [-0.15, -0.1) is 11.8 Å². The molecule has 2 heterocycles. The van der Waals surface area contributed by atoms with Crippen LogP contribution in [0.25, 0.3) is 22.6 Å². The zero-order valence-corrected chi connectivity index (χ0v) is 13.7. The van der Waals surface area contributed by atoms with Crippen LogP contribution in [0.4, 0.5) is 26.3 Å². The van der Waals surface area contributed by atoms with Crippen LogP contribution in [0.15, 0.2) is 46.0 Å². The summed E-state index contributed by atoms with van der Waals surface area (Å²) < 4.78 is 80.7. The lowest BCUT2D eigenvalue weighted by molar-refractivity contribution is -0.137. The molecular weight excluding hydrogens is 382 g/mol. The van der Waals surface area contributed by atoms with Crippen LogP contribution < -0.4 is 0 Å². The van der Waals surface area contributed by atoms with Gasteiger partial charge in [0.2, 0.25) is 5.89 Å². The molecule has 0 aliphatic heterocycles. The van der Waals surface area contributed by atoms with E-state index in [2.05, 4.69) is 9.97 Å². The number of pyridine rings is 1. The van der Waals surface area contributed by atoms with Gasteiger partial charge >= 0.3 is 12.4 Å². The van der Waals surface area contributed by atoms with Crippen LogP contribution in [-0.2, 0) is 6.18 Å². The van der Waals surface area contributed by atoms with E-state index in [1.165, 1.54) is 18.5 Å². The van der Waals surface area contributed by atoms with E-state index in [1.807, 2.05) is 0 Å². The molecule has 0 fully saturated rings. The highest BCUT2D eigenvalue weighted by Gasteiger charge is 2.31. The van der Waals surface area contributed by atoms with Crippen LogP contribution in [0.3, 0.4) is 0 Å². The lowest BCUT2D eigenvalue weighted by Crippen LogP contribution is -2.08. The Morgan fingerprint density at radius 1 is 1.04 bits per heavy atom. The van der Waals surface area contributed by atoms with Crippen molar-refractivity contribution in [2.45, 2.75) is 23.7 Å². The first-order valence-corrected chi connectivity index (χ1v) is 8.24. The Morgan fingerprint density at radius 2 is 1.81 bits per heavy atom. The van der Waals surface area contributed by atoms with Crippen molar-refractivity contribution >= 4 is 22.9 Å². The molecule has 0 saturated heterocycles. The van der Waals surface area contributed by atoms with Crippen LogP contribution in [0, 0.1) is 0 Å². The number of thioether (sulfide) groups is 1. The van der Waals surface area contributed by atoms with Crippen LogP contribution in [0.5, 0.6) is 0 Å². The predicted molar refractivity (Wildman–Crippen MR) is 83.6 cm³/mol. The number of aromatic nitrogens is 2. The fourth-order valence-corrected chi connectivity index (χ4v) is 3.17. The van der Waals surface area contributed by atoms with Gasteiger partial charge in [-0.2, -0.15) is 26.3 Å². The lowest BCUT2D eigenvalue weighted by Gasteiger charge is -2.07. The van der Waals surface area contributed by atoms with Crippen LogP contribution in [0.2, 0.25) is 0 Å². The summed E-state index contributed by atoms with van der Waals surface area (Å²) in [6.45, 7) is 0. The average Bonchev–Trinajstić information content (AvgIpc) is 2.96. The van der Waals surface area contributed by atoms with Crippen LogP contribution in [-0.4, -0.2) is 21.9 Å². The highest BCUT2D eigenvalue weighted by atomic mass is 32.2. The maximum absolute atomic E-state index is 12.8. The minimum atomic E-state index is -4.51. The van der Waals surface area contributed by atoms with E-state index in [9.17, 15) is 26.3 Å². The largest absolute Gasteiger partial charge is 0.436 e. The van der Waals surface area contributed by atoms with E-state index in [4.69, 9.17) is 4.42 Å². The Kier molecular flexibility index (Phi) is 4.87. The van der Waals surface area contributed by atoms with Gasteiger partial charge in [-0.05, 0) is 24.3 Å². The highest BCUT2D eigenvalue weighted by molar-refractivity contribution is 7.99. The van der Waals surface area contributed by atoms with Gasteiger partial charge in [0.1, 0.15) is 5.52 Å². The molecule has 0 bridgehead atoms. The number of hydrogen-bond donors (Lipinski definition) is 0. The number of rotatable bonds is 4. The molecule has 0 radical (unpaired) electrons. The molecule has 10 heteroatoms. The minimum absolute atomic E-state index is 0.0119. The van der Waals surface area contributed by atoms with E-state index < -0.39 is 24.3 Å². The second-order valence-electron chi connectivity index (χ2n) is 5.28. The molecule has 0 unspecified atom stereocenters. The predicted octanol–water partition coefficient (Wildman–Crippen LogP) is 5.95. The summed E-state index contributed by atoms with van der Waals surface area (Å²) in [5, 5.41) is 0. The van der Waals surface area contributed by atoms with Gasteiger partial charge in [0.15, 0.2) is 5.58 Å². The van der Waals surface area contributed by atoms with Gasteiger partial charge in [0, 0.05) is 23.0 Å². The Hall–Kier alpha value is -2.23. The molecule has 0 amide bonds. The molecule has 0 N–H and O–H groups in total. The summed E-state index contributed by atoms with van der Waals surface area (Å²) in [4.78, 5) is 8.31. The maximum atomic E-state index is 12.8. The molecule has 0 atom stereocenters. The molecule has 0 spiro atoms. The fraction of sp³-hybridized carbons (Fsp3) is 0.250. The first-order valence-electron chi connectivity index (χ1n) is 7.25. The van der Waals surface area contributed by atoms with Crippen molar-refractivity contribution in [3.63, 3.8) is 0 Å². The molecule has 0 saturated carbocycles. The monoisotopic (exact) mass is 392 g/mol. The van der Waals surface area contributed by atoms with Gasteiger partial charge in [0.25, 0.3) is 0 Å². The highest BCUT2D eigenvalue weighted by Crippen LogP contribution is 2.36. The van der Waals surface area contributed by atoms with E-state index in [0.717, 1.165) is 30.0 Å². The molecule has 3 aromatic rings. The third-order valence-electron chi connectivity index (χ3n) is 3.37. The first kappa shape index (κ1) is 18.6. The number of halogens is 6. The van der Waals surface area contributed by atoms with Gasteiger partial charge in [-0.3, -0.25) is 4.98 Å². The Labute approximate surface area is 147 Å². The molecule has 26 heavy (non-hydrogen) atoms. The van der Waals surface area contributed by atoms with Gasteiger partial charge in [-0.25, -0.2) is 4.98 Å². The summed E-state index contributed by atoms with van der Waals surface area (Å²) in [5.74, 6) is -0.197. The lowest BCUT2D eigenvalue weighted by atomic mass is 10.2. The SMILES string of the molecule is FC(F)(F)CCSc1cnccc1-c1nc2cc(C(F)(F)F)ccc2o1. The zero-order valence-electron chi connectivity index (χ0n) is 12.9. The Morgan fingerprint density at radius 3 is 2.50 bits per heavy atom. The minimum Gasteiger partial charge on any atom is -0.436 e. The van der Waals surface area contributed by atoms with Gasteiger partial charge < -0.3 is 4.42 Å². The van der Waals surface area contributed by atoms with E-state index in [1.54, 1.807) is 0 Å². The number of benzene rings is 1. The summed E-state index contributed by atoms with van der Waals surface area (Å²) >= 11 is 0.924. The molecular formula is C16H10F6N2OS. The van der Waals surface area contributed by atoms with E-state index >= 15 is 0 Å². The van der Waals surface area contributed by atoms with Gasteiger partial charge in [0.05, 0.1) is 17.5 Å². The van der Waals surface area contributed by atoms with Crippen molar-refractivity contribution in [1.29, 1.82) is 0 Å². The second kappa shape index (κ2) is 6.82. The number of alkyl halides is 6. The number of hydrogen-bond acceptors (Lipinski definition) is 4.